The Bertz CT molecular complexity index is 871. The third kappa shape index (κ3) is 3.39. The molecule has 3 rings (SSSR count). The minimum Gasteiger partial charge on any atom is -0.334 e. The second-order valence-corrected chi connectivity index (χ2v) is 6.16. The standard InChI is InChI=1S/C20H23N3O/c1-3-13-23-19(15(2)21-14-16-9-5-4-6-10-16)22-18-12-8-7-11-17(18)20(23)24/h4-12,15,21H,3,13-14H2,1-2H3/p+1/t15-/m1/s1. The lowest BCUT2D eigenvalue weighted by Gasteiger charge is -2.17. The predicted octanol–water partition coefficient (Wildman–Crippen LogP) is 2.63. The molecule has 2 aromatic carbocycles. The van der Waals surface area contributed by atoms with Crippen molar-refractivity contribution >= 4 is 10.9 Å². The van der Waals surface area contributed by atoms with Gasteiger partial charge in [-0.15, -0.1) is 0 Å². The summed E-state index contributed by atoms with van der Waals surface area (Å²) in [6.45, 7) is 5.78. The highest BCUT2D eigenvalue weighted by Gasteiger charge is 2.18. The number of aromatic nitrogens is 2. The van der Waals surface area contributed by atoms with Crippen LogP contribution in [0, 0.1) is 0 Å². The molecule has 24 heavy (non-hydrogen) atoms. The zero-order valence-corrected chi connectivity index (χ0v) is 14.3. The van der Waals surface area contributed by atoms with E-state index < -0.39 is 0 Å². The molecule has 2 N–H and O–H groups in total. The van der Waals surface area contributed by atoms with E-state index in [-0.39, 0.29) is 11.6 Å². The number of quaternary nitrogens is 1. The summed E-state index contributed by atoms with van der Waals surface area (Å²) in [5, 5.41) is 2.93. The highest BCUT2D eigenvalue weighted by molar-refractivity contribution is 5.77. The van der Waals surface area contributed by atoms with Gasteiger partial charge >= 0.3 is 0 Å². The number of nitrogens with two attached hydrogens (primary N) is 1. The van der Waals surface area contributed by atoms with Crippen molar-refractivity contribution in [3.63, 3.8) is 0 Å². The van der Waals surface area contributed by atoms with Gasteiger partial charge in [0, 0.05) is 12.1 Å². The number of rotatable bonds is 6. The van der Waals surface area contributed by atoms with Crippen molar-refractivity contribution in [2.45, 2.75) is 39.4 Å². The van der Waals surface area contributed by atoms with Gasteiger partial charge in [-0.2, -0.15) is 0 Å². The number of hydrogen-bond donors (Lipinski definition) is 1. The average Bonchev–Trinajstić information content (AvgIpc) is 2.63. The van der Waals surface area contributed by atoms with Gasteiger partial charge in [-0.3, -0.25) is 9.36 Å². The van der Waals surface area contributed by atoms with Gasteiger partial charge in [0.25, 0.3) is 5.56 Å². The lowest BCUT2D eigenvalue weighted by Crippen LogP contribution is -2.83. The molecule has 0 saturated carbocycles. The minimum atomic E-state index is 0.0670. The minimum absolute atomic E-state index is 0.0670. The molecule has 0 amide bonds. The quantitative estimate of drug-likeness (QED) is 0.758. The first-order chi connectivity index (χ1) is 11.7. The van der Waals surface area contributed by atoms with Crippen LogP contribution in [0.5, 0.6) is 0 Å². The summed E-state index contributed by atoms with van der Waals surface area (Å²) in [6.07, 6.45) is 0.915. The van der Waals surface area contributed by atoms with E-state index in [9.17, 15) is 4.79 Å². The normalized spacial score (nSPS) is 12.4. The lowest BCUT2D eigenvalue weighted by atomic mass is 10.2. The number of nitrogens with zero attached hydrogens (tertiary/aromatic N) is 2. The lowest BCUT2D eigenvalue weighted by molar-refractivity contribution is -0.709. The van der Waals surface area contributed by atoms with E-state index >= 15 is 0 Å². The van der Waals surface area contributed by atoms with Crippen LogP contribution < -0.4 is 10.9 Å². The van der Waals surface area contributed by atoms with Crippen LogP contribution in [0.1, 0.15) is 37.7 Å². The molecule has 0 spiro atoms. The second kappa shape index (κ2) is 7.41. The van der Waals surface area contributed by atoms with Gasteiger partial charge in [0.05, 0.1) is 10.9 Å². The zero-order valence-electron chi connectivity index (χ0n) is 14.3. The fraction of sp³-hybridized carbons (Fsp3) is 0.300. The molecule has 124 valence electrons. The molecular formula is C20H24N3O+. The van der Waals surface area contributed by atoms with E-state index in [0.717, 1.165) is 24.3 Å². The van der Waals surface area contributed by atoms with Crippen LogP contribution in [0.15, 0.2) is 59.4 Å². The van der Waals surface area contributed by atoms with Crippen molar-refractivity contribution in [1.29, 1.82) is 0 Å². The Morgan fingerprint density at radius 2 is 1.79 bits per heavy atom. The monoisotopic (exact) mass is 322 g/mol. The van der Waals surface area contributed by atoms with Gasteiger partial charge in [-0.25, -0.2) is 4.98 Å². The van der Waals surface area contributed by atoms with E-state index in [1.807, 2.05) is 34.9 Å². The Balaban J connectivity index is 1.94. The van der Waals surface area contributed by atoms with E-state index in [0.29, 0.717) is 11.9 Å². The Kier molecular flexibility index (Phi) is 5.06. The molecule has 0 fully saturated rings. The Morgan fingerprint density at radius 3 is 2.54 bits per heavy atom. The molecular weight excluding hydrogens is 298 g/mol. The Morgan fingerprint density at radius 1 is 1.08 bits per heavy atom. The van der Waals surface area contributed by atoms with Crippen LogP contribution in [-0.4, -0.2) is 9.55 Å². The van der Waals surface area contributed by atoms with Gasteiger partial charge in [0.1, 0.15) is 12.6 Å². The second-order valence-electron chi connectivity index (χ2n) is 6.16. The first-order valence-corrected chi connectivity index (χ1v) is 8.57. The molecule has 4 heteroatoms. The van der Waals surface area contributed by atoms with Gasteiger partial charge in [-0.1, -0.05) is 49.4 Å². The molecule has 0 aliphatic carbocycles. The van der Waals surface area contributed by atoms with Gasteiger partial charge in [-0.05, 0) is 25.5 Å². The van der Waals surface area contributed by atoms with Crippen LogP contribution in [0.25, 0.3) is 10.9 Å². The van der Waals surface area contributed by atoms with E-state index in [1.165, 1.54) is 5.56 Å². The molecule has 1 heterocycles. The van der Waals surface area contributed by atoms with E-state index in [1.54, 1.807) is 0 Å². The third-order valence-corrected chi connectivity index (χ3v) is 4.30. The van der Waals surface area contributed by atoms with E-state index in [2.05, 4.69) is 43.4 Å². The molecule has 3 aromatic rings. The van der Waals surface area contributed by atoms with E-state index in [4.69, 9.17) is 4.98 Å². The third-order valence-electron chi connectivity index (χ3n) is 4.30. The summed E-state index contributed by atoms with van der Waals surface area (Å²) < 4.78 is 1.84. The summed E-state index contributed by atoms with van der Waals surface area (Å²) in [6, 6.07) is 18.1. The fourth-order valence-electron chi connectivity index (χ4n) is 3.00. The molecule has 1 aromatic heterocycles. The summed E-state index contributed by atoms with van der Waals surface area (Å²) >= 11 is 0. The predicted molar refractivity (Wildman–Crippen MR) is 96.8 cm³/mol. The molecule has 4 nitrogen and oxygen atoms in total. The largest absolute Gasteiger partial charge is 0.334 e. The van der Waals surface area contributed by atoms with Crippen LogP contribution in [-0.2, 0) is 13.1 Å². The molecule has 0 saturated heterocycles. The highest BCUT2D eigenvalue weighted by Crippen LogP contribution is 2.12. The van der Waals surface area contributed by atoms with Crippen molar-refractivity contribution in [1.82, 2.24) is 9.55 Å². The van der Waals surface area contributed by atoms with Crippen molar-refractivity contribution in [3.8, 4) is 0 Å². The smallest absolute Gasteiger partial charge is 0.261 e. The summed E-state index contributed by atoms with van der Waals surface area (Å²) in [7, 11) is 0. The van der Waals surface area contributed by atoms with Crippen molar-refractivity contribution < 1.29 is 5.32 Å². The number of hydrogen-bond acceptors (Lipinski definition) is 2. The first-order valence-electron chi connectivity index (χ1n) is 8.57. The number of fused-ring (bicyclic) bond motifs is 1. The van der Waals surface area contributed by atoms with Crippen molar-refractivity contribution in [2.24, 2.45) is 0 Å². The highest BCUT2D eigenvalue weighted by atomic mass is 16.1. The van der Waals surface area contributed by atoms with Crippen LogP contribution in [0.3, 0.4) is 0 Å². The van der Waals surface area contributed by atoms with Gasteiger partial charge in [0.2, 0.25) is 0 Å². The Labute approximate surface area is 142 Å². The summed E-state index contributed by atoms with van der Waals surface area (Å²) in [5.74, 6) is 0.858. The number of para-hydroxylation sites is 1. The van der Waals surface area contributed by atoms with Crippen LogP contribution in [0.4, 0.5) is 0 Å². The summed E-state index contributed by atoms with van der Waals surface area (Å²) in [4.78, 5) is 17.6. The van der Waals surface area contributed by atoms with Gasteiger partial charge in [0.15, 0.2) is 5.82 Å². The molecule has 0 radical (unpaired) electrons. The Hall–Kier alpha value is -2.46. The maximum atomic E-state index is 12.8. The maximum absolute atomic E-state index is 12.8. The molecule has 0 bridgehead atoms. The van der Waals surface area contributed by atoms with Crippen LogP contribution in [0.2, 0.25) is 0 Å². The zero-order chi connectivity index (χ0) is 16.9. The molecule has 0 aliphatic rings. The van der Waals surface area contributed by atoms with Crippen LogP contribution >= 0.6 is 0 Å². The average molecular weight is 322 g/mol. The topological polar surface area (TPSA) is 51.5 Å². The first kappa shape index (κ1) is 16.4. The fourth-order valence-corrected chi connectivity index (χ4v) is 3.00. The molecule has 1 atom stereocenters. The SMILES string of the molecule is CCCn1c([C@@H](C)[NH2+]Cc2ccccc2)nc2ccccc2c1=O. The number of benzene rings is 2. The molecule has 0 aliphatic heterocycles. The molecule has 0 unspecified atom stereocenters. The summed E-state index contributed by atoms with van der Waals surface area (Å²) in [5.41, 5.74) is 2.12. The maximum Gasteiger partial charge on any atom is 0.261 e. The van der Waals surface area contributed by atoms with Crippen molar-refractivity contribution in [3.05, 3.63) is 76.3 Å². The van der Waals surface area contributed by atoms with Crippen molar-refractivity contribution in [2.75, 3.05) is 0 Å². The van der Waals surface area contributed by atoms with Gasteiger partial charge < -0.3 is 5.32 Å².